The predicted molar refractivity (Wildman–Crippen MR) is 126 cm³/mol. The van der Waals surface area contributed by atoms with Gasteiger partial charge in [-0.3, -0.25) is 9.69 Å². The number of aromatic nitrogens is 1. The summed E-state index contributed by atoms with van der Waals surface area (Å²) >= 11 is 1.15. The summed E-state index contributed by atoms with van der Waals surface area (Å²) in [7, 11) is 0. The van der Waals surface area contributed by atoms with Crippen LogP contribution in [0.3, 0.4) is 0 Å². The van der Waals surface area contributed by atoms with Gasteiger partial charge < -0.3 is 4.74 Å². The van der Waals surface area contributed by atoms with Gasteiger partial charge in [0.15, 0.2) is 10.8 Å². The number of carbonyl (C=O) groups excluding carboxylic acids is 2. The summed E-state index contributed by atoms with van der Waals surface area (Å²) in [4.78, 5) is 34.5. The second-order valence-electron chi connectivity index (χ2n) is 7.26. The number of halogens is 1. The SMILES string of the molecule is CC(=O)N(c1nc(C=C2N=C(c3ccc4ccccc4c3)OC2=O)cs1)c1ccccc1F. The summed E-state index contributed by atoms with van der Waals surface area (Å²) in [6.45, 7) is 1.33. The Morgan fingerprint density at radius 2 is 1.82 bits per heavy atom. The fourth-order valence-electron chi connectivity index (χ4n) is 3.48. The van der Waals surface area contributed by atoms with Crippen LogP contribution in [0.2, 0.25) is 0 Å². The van der Waals surface area contributed by atoms with Crippen molar-refractivity contribution < 1.29 is 18.7 Å². The minimum atomic E-state index is -0.592. The van der Waals surface area contributed by atoms with Crippen molar-refractivity contribution in [2.45, 2.75) is 6.92 Å². The summed E-state index contributed by atoms with van der Waals surface area (Å²) in [5, 5.41) is 4.02. The van der Waals surface area contributed by atoms with E-state index in [1.807, 2.05) is 42.5 Å². The third kappa shape index (κ3) is 4.04. The molecule has 0 unspecified atom stereocenters. The second kappa shape index (κ2) is 8.40. The third-order valence-corrected chi connectivity index (χ3v) is 5.85. The van der Waals surface area contributed by atoms with Gasteiger partial charge in [0.1, 0.15) is 5.82 Å². The van der Waals surface area contributed by atoms with Crippen molar-refractivity contribution in [2.24, 2.45) is 4.99 Å². The summed E-state index contributed by atoms with van der Waals surface area (Å²) in [5.41, 5.74) is 1.30. The molecule has 0 saturated heterocycles. The highest BCUT2D eigenvalue weighted by Gasteiger charge is 2.25. The van der Waals surface area contributed by atoms with E-state index < -0.39 is 11.8 Å². The molecule has 33 heavy (non-hydrogen) atoms. The number of esters is 1. The van der Waals surface area contributed by atoms with Crippen molar-refractivity contribution in [3.8, 4) is 0 Å². The van der Waals surface area contributed by atoms with Crippen molar-refractivity contribution in [3.63, 3.8) is 0 Å². The van der Waals surface area contributed by atoms with Crippen LogP contribution in [0, 0.1) is 5.82 Å². The first-order valence-electron chi connectivity index (χ1n) is 10.0. The van der Waals surface area contributed by atoms with E-state index >= 15 is 0 Å². The number of nitrogens with zero attached hydrogens (tertiary/aromatic N) is 3. The molecule has 6 nitrogen and oxygen atoms in total. The molecule has 0 N–H and O–H groups in total. The van der Waals surface area contributed by atoms with E-state index in [2.05, 4.69) is 9.98 Å². The average Bonchev–Trinajstić information content (AvgIpc) is 3.41. The lowest BCUT2D eigenvalue weighted by Gasteiger charge is -2.18. The maximum atomic E-state index is 14.3. The van der Waals surface area contributed by atoms with Crippen molar-refractivity contribution in [3.05, 3.63) is 94.9 Å². The number of aliphatic imine (C=N–C) groups is 1. The molecule has 0 bridgehead atoms. The largest absolute Gasteiger partial charge is 0.402 e. The maximum absolute atomic E-state index is 14.3. The van der Waals surface area contributed by atoms with Crippen molar-refractivity contribution in [1.29, 1.82) is 0 Å². The van der Waals surface area contributed by atoms with Gasteiger partial charge in [0.25, 0.3) is 0 Å². The molecule has 4 aromatic rings. The molecule has 162 valence electrons. The predicted octanol–water partition coefficient (Wildman–Crippen LogP) is 5.46. The number of benzene rings is 3. The van der Waals surface area contributed by atoms with E-state index in [0.29, 0.717) is 11.3 Å². The highest BCUT2D eigenvalue weighted by Crippen LogP contribution is 2.31. The molecule has 0 atom stereocenters. The summed E-state index contributed by atoms with van der Waals surface area (Å²) in [5.74, 6) is -1.30. The number of amides is 1. The number of fused-ring (bicyclic) bond motifs is 1. The van der Waals surface area contributed by atoms with Gasteiger partial charge in [0.05, 0.1) is 11.4 Å². The number of hydrogen-bond donors (Lipinski definition) is 0. The molecule has 5 rings (SSSR count). The maximum Gasteiger partial charge on any atom is 0.363 e. The van der Waals surface area contributed by atoms with Gasteiger partial charge in [-0.15, -0.1) is 11.3 Å². The zero-order valence-corrected chi connectivity index (χ0v) is 18.2. The number of anilines is 2. The Bertz CT molecular complexity index is 1470. The fourth-order valence-corrected chi connectivity index (χ4v) is 4.32. The van der Waals surface area contributed by atoms with Crippen molar-refractivity contribution >= 4 is 56.8 Å². The van der Waals surface area contributed by atoms with Crippen LogP contribution in [0.4, 0.5) is 15.2 Å². The zero-order valence-electron chi connectivity index (χ0n) is 17.4. The molecular formula is C25H16FN3O3S. The molecule has 0 spiro atoms. The minimum absolute atomic E-state index is 0.0928. The minimum Gasteiger partial charge on any atom is -0.402 e. The summed E-state index contributed by atoms with van der Waals surface area (Å²) < 4.78 is 19.6. The Hall–Kier alpha value is -4.17. The van der Waals surface area contributed by atoms with E-state index in [9.17, 15) is 14.0 Å². The Morgan fingerprint density at radius 3 is 2.61 bits per heavy atom. The lowest BCUT2D eigenvalue weighted by Crippen LogP contribution is -2.23. The van der Waals surface area contributed by atoms with Crippen molar-refractivity contribution in [1.82, 2.24) is 4.98 Å². The number of hydrogen-bond acceptors (Lipinski definition) is 6. The quantitative estimate of drug-likeness (QED) is 0.301. The molecule has 0 fully saturated rings. The van der Waals surface area contributed by atoms with Crippen LogP contribution in [-0.2, 0) is 14.3 Å². The van der Waals surface area contributed by atoms with Crippen LogP contribution in [0.15, 0.2) is 82.8 Å². The number of carbonyl (C=O) groups is 2. The van der Waals surface area contributed by atoms with Gasteiger partial charge in [-0.1, -0.05) is 42.5 Å². The topological polar surface area (TPSA) is 71.9 Å². The third-order valence-electron chi connectivity index (χ3n) is 5.01. The van der Waals surface area contributed by atoms with Gasteiger partial charge >= 0.3 is 5.97 Å². The smallest absolute Gasteiger partial charge is 0.363 e. The molecule has 1 aromatic heterocycles. The fraction of sp³-hybridized carbons (Fsp3) is 0.0400. The highest BCUT2D eigenvalue weighted by atomic mass is 32.1. The first-order chi connectivity index (χ1) is 16.0. The lowest BCUT2D eigenvalue weighted by atomic mass is 10.1. The number of rotatable bonds is 4. The Kier molecular flexibility index (Phi) is 5.27. The van der Waals surface area contributed by atoms with Crippen LogP contribution in [-0.4, -0.2) is 22.8 Å². The number of para-hydroxylation sites is 1. The Morgan fingerprint density at radius 1 is 1.06 bits per heavy atom. The molecule has 0 aliphatic carbocycles. The summed E-state index contributed by atoms with van der Waals surface area (Å²) in [6, 6.07) is 19.5. The molecule has 0 saturated carbocycles. The number of cyclic esters (lactones) is 1. The number of ether oxygens (including phenoxy) is 1. The number of thiazole rings is 1. The molecular weight excluding hydrogens is 441 g/mol. The van der Waals surface area contributed by atoms with Gasteiger partial charge in [-0.2, -0.15) is 0 Å². The highest BCUT2D eigenvalue weighted by molar-refractivity contribution is 7.14. The van der Waals surface area contributed by atoms with Crippen LogP contribution < -0.4 is 4.90 Å². The van der Waals surface area contributed by atoms with Crippen LogP contribution in [0.1, 0.15) is 18.2 Å². The first-order valence-corrected chi connectivity index (χ1v) is 10.9. The second-order valence-corrected chi connectivity index (χ2v) is 8.10. The summed E-state index contributed by atoms with van der Waals surface area (Å²) in [6.07, 6.45) is 1.48. The van der Waals surface area contributed by atoms with E-state index in [1.165, 1.54) is 30.0 Å². The molecule has 1 aliphatic rings. The standard InChI is InChI=1S/C25H16FN3O3S/c1-15(30)29(22-9-5-4-8-20(22)26)25-27-19(14-33-25)13-21-24(31)32-23(28-21)18-11-10-16-6-2-3-7-17(16)12-18/h2-14H,1H3. The first kappa shape index (κ1) is 20.7. The zero-order chi connectivity index (χ0) is 22.9. The van der Waals surface area contributed by atoms with E-state index in [-0.39, 0.29) is 28.3 Å². The van der Waals surface area contributed by atoms with Gasteiger partial charge in [-0.25, -0.2) is 19.2 Å². The molecule has 1 amide bonds. The van der Waals surface area contributed by atoms with Crippen LogP contribution in [0.5, 0.6) is 0 Å². The van der Waals surface area contributed by atoms with Crippen molar-refractivity contribution in [2.75, 3.05) is 4.90 Å². The average molecular weight is 457 g/mol. The van der Waals surface area contributed by atoms with E-state index in [4.69, 9.17) is 4.74 Å². The van der Waals surface area contributed by atoms with E-state index in [0.717, 1.165) is 22.1 Å². The van der Waals surface area contributed by atoms with Gasteiger partial charge in [0.2, 0.25) is 11.8 Å². The molecule has 3 aromatic carbocycles. The van der Waals surface area contributed by atoms with Gasteiger partial charge in [-0.05, 0) is 41.1 Å². The normalized spacial score (nSPS) is 14.4. The molecule has 0 radical (unpaired) electrons. The molecule has 2 heterocycles. The molecule has 1 aliphatic heterocycles. The van der Waals surface area contributed by atoms with Crippen LogP contribution >= 0.6 is 11.3 Å². The molecule has 8 heteroatoms. The van der Waals surface area contributed by atoms with Gasteiger partial charge in [0, 0.05) is 17.9 Å². The van der Waals surface area contributed by atoms with E-state index in [1.54, 1.807) is 17.5 Å². The Labute approximate surface area is 192 Å². The lowest BCUT2D eigenvalue weighted by molar-refractivity contribution is -0.130. The van der Waals surface area contributed by atoms with Crippen LogP contribution in [0.25, 0.3) is 16.8 Å². The Balaban J connectivity index is 1.46. The monoisotopic (exact) mass is 457 g/mol.